The van der Waals surface area contributed by atoms with Crippen molar-refractivity contribution in [2.75, 3.05) is 0 Å². The normalized spacial score (nSPS) is 34.8. The topological polar surface area (TPSA) is 0 Å². The van der Waals surface area contributed by atoms with Gasteiger partial charge in [0.15, 0.2) is 0 Å². The Labute approximate surface area is 133 Å². The molecule has 0 unspecified atom stereocenters. The zero-order valence-electron chi connectivity index (χ0n) is 14.4. The number of allylic oxidation sites excluding steroid dienone is 4. The van der Waals surface area contributed by atoms with Crippen molar-refractivity contribution in [1.29, 1.82) is 0 Å². The van der Waals surface area contributed by atoms with Crippen molar-refractivity contribution in [3.63, 3.8) is 0 Å². The van der Waals surface area contributed by atoms with Crippen LogP contribution in [0.4, 0.5) is 0 Å². The molecule has 0 aromatic heterocycles. The molecular weight excluding hydrogens is 252 g/mol. The van der Waals surface area contributed by atoms with Gasteiger partial charge in [-0.05, 0) is 94.8 Å². The van der Waals surface area contributed by atoms with Gasteiger partial charge < -0.3 is 0 Å². The predicted octanol–water partition coefficient (Wildman–Crippen LogP) is 6.92. The van der Waals surface area contributed by atoms with E-state index in [0.717, 1.165) is 23.7 Å². The molecule has 0 saturated heterocycles. The van der Waals surface area contributed by atoms with E-state index in [1.807, 2.05) is 0 Å². The third kappa shape index (κ3) is 6.01. The molecule has 0 heterocycles. The van der Waals surface area contributed by atoms with Crippen LogP contribution in [0.5, 0.6) is 0 Å². The monoisotopic (exact) mass is 288 g/mol. The van der Waals surface area contributed by atoms with E-state index in [0.29, 0.717) is 0 Å². The van der Waals surface area contributed by atoms with Crippen molar-refractivity contribution < 1.29 is 0 Å². The highest BCUT2D eigenvalue weighted by atomic mass is 14.2. The van der Waals surface area contributed by atoms with Crippen molar-refractivity contribution in [2.24, 2.45) is 23.7 Å². The zero-order chi connectivity index (χ0) is 14.9. The van der Waals surface area contributed by atoms with Crippen LogP contribution in [0.3, 0.4) is 0 Å². The summed E-state index contributed by atoms with van der Waals surface area (Å²) in [4.78, 5) is 0. The third-order valence-corrected chi connectivity index (χ3v) is 5.97. The lowest BCUT2D eigenvalue weighted by Gasteiger charge is -2.27. The van der Waals surface area contributed by atoms with Crippen molar-refractivity contribution in [3.8, 4) is 0 Å². The lowest BCUT2D eigenvalue weighted by atomic mass is 9.79. The quantitative estimate of drug-likeness (QED) is 0.465. The standard InChI is InChI=1S/C21H36/c1-3-7-19-14-16-21(17-15-19)9-6-5-8-20-12-10-18(4-2)11-13-20/h3,5,7-8,18-21H,4,6,9-17H2,1-2H3. The second-order valence-corrected chi connectivity index (χ2v) is 7.50. The summed E-state index contributed by atoms with van der Waals surface area (Å²) in [5, 5.41) is 0. The summed E-state index contributed by atoms with van der Waals surface area (Å²) in [7, 11) is 0. The molecule has 2 aliphatic carbocycles. The first kappa shape index (κ1) is 16.8. The first-order valence-electron chi connectivity index (χ1n) is 9.61. The van der Waals surface area contributed by atoms with Crippen LogP contribution in [0, 0.1) is 23.7 Å². The fourth-order valence-corrected chi connectivity index (χ4v) is 4.35. The van der Waals surface area contributed by atoms with Crippen molar-refractivity contribution in [2.45, 2.75) is 84.5 Å². The summed E-state index contributed by atoms with van der Waals surface area (Å²) in [5.74, 6) is 3.82. The van der Waals surface area contributed by atoms with Gasteiger partial charge >= 0.3 is 0 Å². The van der Waals surface area contributed by atoms with E-state index in [9.17, 15) is 0 Å². The zero-order valence-corrected chi connectivity index (χ0v) is 14.4. The van der Waals surface area contributed by atoms with Gasteiger partial charge in [-0.15, -0.1) is 0 Å². The van der Waals surface area contributed by atoms with Gasteiger partial charge in [0.2, 0.25) is 0 Å². The van der Waals surface area contributed by atoms with E-state index < -0.39 is 0 Å². The Morgan fingerprint density at radius 2 is 1.33 bits per heavy atom. The van der Waals surface area contributed by atoms with Crippen LogP contribution in [0.15, 0.2) is 24.3 Å². The first-order valence-corrected chi connectivity index (χ1v) is 9.61. The molecule has 0 spiro atoms. The van der Waals surface area contributed by atoms with Gasteiger partial charge in [-0.1, -0.05) is 37.6 Å². The van der Waals surface area contributed by atoms with E-state index >= 15 is 0 Å². The Morgan fingerprint density at radius 3 is 1.90 bits per heavy atom. The average Bonchev–Trinajstić information content (AvgIpc) is 2.54. The molecule has 21 heavy (non-hydrogen) atoms. The third-order valence-electron chi connectivity index (χ3n) is 5.97. The first-order chi connectivity index (χ1) is 10.3. The second kappa shape index (κ2) is 9.49. The van der Waals surface area contributed by atoms with E-state index in [1.54, 1.807) is 0 Å². The molecule has 0 N–H and O–H groups in total. The predicted molar refractivity (Wildman–Crippen MR) is 94.4 cm³/mol. The van der Waals surface area contributed by atoms with Gasteiger partial charge in [0.25, 0.3) is 0 Å². The Morgan fingerprint density at radius 1 is 0.762 bits per heavy atom. The molecule has 0 atom stereocenters. The van der Waals surface area contributed by atoms with E-state index in [-0.39, 0.29) is 0 Å². The van der Waals surface area contributed by atoms with Crippen LogP contribution in [0.2, 0.25) is 0 Å². The highest BCUT2D eigenvalue weighted by Crippen LogP contribution is 2.33. The Bertz CT molecular complexity index is 309. The van der Waals surface area contributed by atoms with Crippen LogP contribution in [-0.4, -0.2) is 0 Å². The number of hydrogen-bond acceptors (Lipinski definition) is 0. The molecule has 0 bridgehead atoms. The largest absolute Gasteiger partial charge is 0.0914 e. The Kier molecular flexibility index (Phi) is 7.61. The highest BCUT2D eigenvalue weighted by Gasteiger charge is 2.19. The average molecular weight is 289 g/mol. The van der Waals surface area contributed by atoms with Crippen LogP contribution in [0.1, 0.15) is 84.5 Å². The SMILES string of the molecule is CC=CC1CCC(CCC=CC2CCC(CC)CC2)CC1. The van der Waals surface area contributed by atoms with Crippen LogP contribution in [0.25, 0.3) is 0 Å². The minimum absolute atomic E-state index is 0.885. The Hall–Kier alpha value is -0.520. The molecule has 0 nitrogen and oxygen atoms in total. The molecule has 0 aliphatic heterocycles. The van der Waals surface area contributed by atoms with Gasteiger partial charge in [0.05, 0.1) is 0 Å². The number of hydrogen-bond donors (Lipinski definition) is 0. The van der Waals surface area contributed by atoms with E-state index in [1.165, 1.54) is 70.6 Å². The molecule has 0 aromatic rings. The van der Waals surface area contributed by atoms with Crippen molar-refractivity contribution in [1.82, 2.24) is 0 Å². The molecule has 0 heteroatoms. The lowest BCUT2D eigenvalue weighted by molar-refractivity contribution is 0.295. The lowest BCUT2D eigenvalue weighted by Crippen LogP contribution is -2.13. The summed E-state index contributed by atoms with van der Waals surface area (Å²) in [6, 6.07) is 0. The molecule has 0 amide bonds. The maximum absolute atomic E-state index is 2.55. The van der Waals surface area contributed by atoms with Crippen LogP contribution in [-0.2, 0) is 0 Å². The maximum atomic E-state index is 2.55. The number of rotatable bonds is 6. The highest BCUT2D eigenvalue weighted by molar-refractivity contribution is 4.92. The fourth-order valence-electron chi connectivity index (χ4n) is 4.35. The molecule has 120 valence electrons. The fraction of sp³-hybridized carbons (Fsp3) is 0.810. The maximum Gasteiger partial charge on any atom is -0.0233 e. The molecule has 2 rings (SSSR count). The molecule has 2 saturated carbocycles. The Balaban J connectivity index is 1.56. The van der Waals surface area contributed by atoms with Gasteiger partial charge in [-0.25, -0.2) is 0 Å². The molecular formula is C21H36. The van der Waals surface area contributed by atoms with Gasteiger partial charge in [-0.3, -0.25) is 0 Å². The minimum atomic E-state index is 0.885. The molecule has 2 aliphatic rings. The van der Waals surface area contributed by atoms with Gasteiger partial charge in [-0.2, -0.15) is 0 Å². The van der Waals surface area contributed by atoms with Crippen molar-refractivity contribution in [3.05, 3.63) is 24.3 Å². The molecule has 0 radical (unpaired) electrons. The van der Waals surface area contributed by atoms with E-state index in [2.05, 4.69) is 38.2 Å². The van der Waals surface area contributed by atoms with Gasteiger partial charge in [0.1, 0.15) is 0 Å². The molecule has 0 aromatic carbocycles. The van der Waals surface area contributed by atoms with Gasteiger partial charge in [0, 0.05) is 0 Å². The second-order valence-electron chi connectivity index (χ2n) is 7.50. The van der Waals surface area contributed by atoms with Crippen molar-refractivity contribution >= 4 is 0 Å². The summed E-state index contributed by atoms with van der Waals surface area (Å²) in [6.07, 6.45) is 25.5. The summed E-state index contributed by atoms with van der Waals surface area (Å²) >= 11 is 0. The summed E-state index contributed by atoms with van der Waals surface area (Å²) in [5.41, 5.74) is 0. The summed E-state index contributed by atoms with van der Waals surface area (Å²) in [6.45, 7) is 4.51. The van der Waals surface area contributed by atoms with E-state index in [4.69, 9.17) is 0 Å². The minimum Gasteiger partial charge on any atom is -0.0914 e. The molecule has 2 fully saturated rings. The van der Waals surface area contributed by atoms with Crippen LogP contribution < -0.4 is 0 Å². The summed E-state index contributed by atoms with van der Waals surface area (Å²) < 4.78 is 0. The smallest absolute Gasteiger partial charge is 0.0233 e. The van der Waals surface area contributed by atoms with Crippen LogP contribution >= 0.6 is 0 Å².